The molecule has 0 aliphatic heterocycles. The number of halogens is 4. The number of anilines is 5. The average molecular weight is 1680 g/mol. The first-order valence-electron chi connectivity index (χ1n) is 37.6. The maximum Gasteiger partial charge on any atom is 0.225 e. The molecule has 23 nitrogen and oxygen atoms in total. The summed E-state index contributed by atoms with van der Waals surface area (Å²) < 4.78 is 24.9. The molecule has 0 aliphatic rings. The van der Waals surface area contributed by atoms with Gasteiger partial charge in [0, 0.05) is 86.2 Å². The van der Waals surface area contributed by atoms with Gasteiger partial charge in [-0.05, 0) is 166 Å². The number of fused-ring (bicyclic) bond motifs is 4. The van der Waals surface area contributed by atoms with Crippen LogP contribution in [0.15, 0.2) is 82.2 Å². The van der Waals surface area contributed by atoms with Crippen molar-refractivity contribution >= 4 is 186 Å². The highest BCUT2D eigenvalue weighted by molar-refractivity contribution is 7.18. The molecule has 111 heavy (non-hydrogen) atoms. The van der Waals surface area contributed by atoms with E-state index >= 15 is 0 Å². The third-order valence-electron chi connectivity index (χ3n) is 16.9. The van der Waals surface area contributed by atoms with Crippen LogP contribution >= 0.6 is 92.6 Å². The van der Waals surface area contributed by atoms with E-state index in [9.17, 15) is 19.2 Å². The molecule has 610 valence electrons. The Hall–Kier alpha value is -7.44. The highest BCUT2D eigenvalue weighted by Gasteiger charge is 2.19. The molecule has 0 saturated carbocycles. The third kappa shape index (κ3) is 36.1. The molecule has 10 N–H and O–H groups in total. The van der Waals surface area contributed by atoms with E-state index < -0.39 is 0 Å². The normalized spacial score (nSPS) is 11.6. The Balaban J connectivity index is 0.000000359. The summed E-state index contributed by atoms with van der Waals surface area (Å²) in [7, 11) is 6.52. The lowest BCUT2D eigenvalue weighted by Crippen LogP contribution is -2.21. The standard InChI is InChI=1S/C24H32N4O3S.C15H20ClN3OS.C15H22N4OS.C9H13NO2.C9H19NO.C6H2Cl2N2S.C2H6.ClH/c1-5-6-7-18(10-8-16(2)29)26-23-22-20(12-13-32-22)27-24(28-23)25-15-17-9-11-19(30-3)14-21(17)31-4;2*1-3-4-5-11(7-6-10(2)20)17-14-13-12(8-9-21-13)18-15(16)19-14;1-11-8-4-3-7(6-10)9(5-8)12-2;1-3-4-5-9(10)7-6-8(2)11;7-5-4-3(1-2-11-4)9-6(8)10-5;1-2;/h9,11-14,18H,5-8,10,15H2,1-4H3,(H2,25,26,27,28);8-9,11H,3-7H2,1-2H3,(H,17,18,19);8-9,11H,3-7H2,1-2H3,(H3,16,17,18,19);3-5H,6,10H2,1-2H3;9H,3-7,10H2,1-2H3;1-2H;1-2H3;1H/t18-;2*11-;;9-;;;/m111.1.../s1. The number of nitrogens with two attached hydrogens (primary N) is 3. The summed E-state index contributed by atoms with van der Waals surface area (Å²) in [5.74, 6) is 7.18. The highest BCUT2D eigenvalue weighted by atomic mass is 35.5. The van der Waals surface area contributed by atoms with Crippen LogP contribution in [0.4, 0.5) is 29.4 Å². The van der Waals surface area contributed by atoms with Crippen LogP contribution in [0, 0.1) is 0 Å². The second-order valence-electron chi connectivity index (χ2n) is 25.7. The summed E-state index contributed by atoms with van der Waals surface area (Å²) >= 11 is 23.7. The van der Waals surface area contributed by atoms with Gasteiger partial charge in [0.15, 0.2) is 5.15 Å². The Labute approximate surface area is 692 Å². The predicted molar refractivity (Wildman–Crippen MR) is 470 cm³/mol. The van der Waals surface area contributed by atoms with Crippen LogP contribution in [0.25, 0.3) is 40.9 Å². The lowest BCUT2D eigenvalue weighted by Gasteiger charge is -2.20. The lowest BCUT2D eigenvalue weighted by molar-refractivity contribution is -0.118. The molecule has 0 fully saturated rings. The number of hydrogen-bond acceptors (Lipinski definition) is 27. The van der Waals surface area contributed by atoms with Crippen molar-refractivity contribution in [2.45, 2.75) is 235 Å². The van der Waals surface area contributed by atoms with Crippen molar-refractivity contribution in [1.29, 1.82) is 0 Å². The fraction of sp³-hybridized carbons (Fsp3) is 0.500. The van der Waals surface area contributed by atoms with Gasteiger partial charge in [-0.3, -0.25) is 0 Å². The lowest BCUT2D eigenvalue weighted by atomic mass is 10.0. The molecule has 0 amide bonds. The number of methoxy groups -OCH3 is 4. The number of unbranched alkanes of at least 4 members (excludes halogenated alkanes) is 4. The van der Waals surface area contributed by atoms with Crippen molar-refractivity contribution in [3.63, 3.8) is 0 Å². The number of hydrogen-bond donors (Lipinski definition) is 7. The zero-order valence-electron chi connectivity index (χ0n) is 66.7. The zero-order valence-corrected chi connectivity index (χ0v) is 73.0. The Morgan fingerprint density at radius 1 is 0.450 bits per heavy atom. The average Bonchev–Trinajstić information content (AvgIpc) is 1.72. The van der Waals surface area contributed by atoms with E-state index in [1.165, 1.54) is 24.2 Å². The number of carbonyl (C=O) groups is 4. The van der Waals surface area contributed by atoms with Crippen LogP contribution in [0.2, 0.25) is 15.7 Å². The number of aromatic nitrogens is 8. The number of nitrogens with zero attached hydrogens (tertiary/aromatic N) is 8. The maximum absolute atomic E-state index is 11.5. The van der Waals surface area contributed by atoms with Gasteiger partial charge < -0.3 is 76.6 Å². The van der Waals surface area contributed by atoms with Gasteiger partial charge in [-0.2, -0.15) is 15.0 Å². The van der Waals surface area contributed by atoms with E-state index in [4.69, 9.17) is 75.9 Å². The summed E-state index contributed by atoms with van der Waals surface area (Å²) in [6, 6.07) is 20.0. The van der Waals surface area contributed by atoms with Gasteiger partial charge >= 0.3 is 0 Å². The first-order valence-corrected chi connectivity index (χ1v) is 42.3. The van der Waals surface area contributed by atoms with E-state index in [1.54, 1.807) is 90.1 Å². The topological polar surface area (TPSA) is 334 Å². The molecule has 0 unspecified atom stereocenters. The van der Waals surface area contributed by atoms with Crippen molar-refractivity contribution in [2.75, 3.05) is 55.4 Å². The van der Waals surface area contributed by atoms with Crippen molar-refractivity contribution < 1.29 is 38.1 Å². The number of benzene rings is 2. The summed E-state index contributed by atoms with van der Waals surface area (Å²) in [4.78, 5) is 78.9. The van der Waals surface area contributed by atoms with E-state index in [-0.39, 0.29) is 76.2 Å². The molecular weight excluding hydrogens is 1570 g/mol. The Morgan fingerprint density at radius 2 is 0.820 bits per heavy atom. The van der Waals surface area contributed by atoms with Gasteiger partial charge in [-0.1, -0.05) is 111 Å². The molecule has 4 atom stereocenters. The quantitative estimate of drug-likeness (QED) is 0.0140. The van der Waals surface area contributed by atoms with Gasteiger partial charge in [0.05, 0.1) is 69.3 Å². The largest absolute Gasteiger partial charge is 0.497 e. The Morgan fingerprint density at radius 3 is 1.24 bits per heavy atom. The number of rotatable bonds is 38. The van der Waals surface area contributed by atoms with Gasteiger partial charge in [-0.25, -0.2) is 24.9 Å². The molecule has 8 heterocycles. The fourth-order valence-electron chi connectivity index (χ4n) is 10.9. The minimum absolute atomic E-state index is 0. The number of ether oxygens (including phenoxy) is 4. The molecule has 0 spiro atoms. The predicted octanol–water partition coefficient (Wildman–Crippen LogP) is 21.4. The van der Waals surface area contributed by atoms with E-state index in [0.717, 1.165) is 182 Å². The summed E-state index contributed by atoms with van der Waals surface area (Å²) in [6.07, 6.45) is 19.0. The fourth-order valence-corrected chi connectivity index (χ4v) is 14.6. The minimum Gasteiger partial charge on any atom is -0.497 e. The summed E-state index contributed by atoms with van der Waals surface area (Å²) in [5, 5.41) is 22.6. The number of ketones is 4. The van der Waals surface area contributed by atoms with E-state index in [2.05, 4.69) is 83.8 Å². The molecule has 0 saturated heterocycles. The summed E-state index contributed by atoms with van der Waals surface area (Å²) in [6.45, 7) is 20.2. The SMILES string of the molecule is CC.CCCC[C@@H](N)CCC(C)=O.CCCC[C@H](CCC(C)=O)Nc1nc(Cl)nc2ccsc12.CCCC[C@H](CCC(C)=O)Nc1nc(N)nc2ccsc12.CCCC[C@H](CCC(C)=O)Nc1nc(NCc2ccc(OC)cc2OC)nc2ccsc12.COc1ccc(CN)c(OC)c1.Cl.Clc1nc(Cl)c2sccc2n1. The molecule has 2 aromatic carbocycles. The number of nitrogen functional groups attached to an aromatic ring is 1. The second-order valence-corrected chi connectivity index (χ2v) is 30.4. The van der Waals surface area contributed by atoms with Crippen molar-refractivity contribution in [1.82, 2.24) is 39.9 Å². The molecule has 0 bridgehead atoms. The second kappa shape index (κ2) is 55.1. The van der Waals surface area contributed by atoms with Gasteiger partial charge in [0.1, 0.15) is 63.6 Å². The van der Waals surface area contributed by atoms with E-state index in [0.29, 0.717) is 49.9 Å². The van der Waals surface area contributed by atoms with Crippen LogP contribution in [0.1, 0.15) is 209 Å². The number of carbonyl (C=O) groups excluding carboxylic acids is 4. The molecule has 10 rings (SSSR count). The third-order valence-corrected chi connectivity index (χ3v) is 21.2. The smallest absolute Gasteiger partial charge is 0.225 e. The molecule has 31 heteroatoms. The first kappa shape index (κ1) is 97.8. The van der Waals surface area contributed by atoms with E-state index in [1.807, 2.05) is 96.0 Å². The molecule has 8 aromatic heterocycles. The molecular formula is C80H115Cl4N15O8S4. The van der Waals surface area contributed by atoms with Gasteiger partial charge in [0.2, 0.25) is 22.5 Å². The Bertz CT molecular complexity index is 4250. The number of thiophene rings is 4. The monoisotopic (exact) mass is 1680 g/mol. The first-order chi connectivity index (χ1) is 53.0. The van der Waals surface area contributed by atoms with Crippen molar-refractivity contribution in [3.8, 4) is 23.0 Å². The van der Waals surface area contributed by atoms with Crippen LogP contribution < -0.4 is 57.4 Å². The van der Waals surface area contributed by atoms with Crippen molar-refractivity contribution in [3.05, 3.63) is 109 Å². The van der Waals surface area contributed by atoms with Crippen LogP contribution in [0.3, 0.4) is 0 Å². The van der Waals surface area contributed by atoms with Gasteiger partial charge in [-0.15, -0.1) is 57.8 Å². The minimum atomic E-state index is 0. The molecule has 0 radical (unpaired) electrons. The van der Waals surface area contributed by atoms with Gasteiger partial charge in [0.25, 0.3) is 0 Å². The molecule has 0 aliphatic carbocycles. The Kier molecular flexibility index (Phi) is 48.5. The van der Waals surface area contributed by atoms with Crippen LogP contribution in [-0.2, 0) is 32.3 Å². The maximum atomic E-state index is 11.5. The summed E-state index contributed by atoms with van der Waals surface area (Å²) in [5.41, 5.74) is 22.4. The zero-order chi connectivity index (χ0) is 80.9. The number of nitrogens with one attached hydrogen (secondary N) is 4. The highest BCUT2D eigenvalue weighted by Crippen LogP contribution is 2.34. The van der Waals surface area contributed by atoms with Crippen LogP contribution in [-0.4, -0.2) is 116 Å². The number of Topliss-reactive ketones (excluding diaryl/α,β-unsaturated/α-hetero) is 4. The van der Waals surface area contributed by atoms with Crippen molar-refractivity contribution in [2.24, 2.45) is 11.5 Å². The molecule has 10 aromatic rings. The van der Waals surface area contributed by atoms with Crippen LogP contribution in [0.5, 0.6) is 23.0 Å².